The zero-order valence-electron chi connectivity index (χ0n) is 14.8. The average Bonchev–Trinajstić information content (AvgIpc) is 3.24. The van der Waals surface area contributed by atoms with Crippen molar-refractivity contribution in [1.82, 2.24) is 4.90 Å². The van der Waals surface area contributed by atoms with Crippen molar-refractivity contribution in [2.75, 3.05) is 13.2 Å². The normalized spacial score (nSPS) is 31.1. The molecule has 1 aromatic rings. The van der Waals surface area contributed by atoms with Crippen molar-refractivity contribution < 1.29 is 14.3 Å². The first kappa shape index (κ1) is 17.7. The Morgan fingerprint density at radius 2 is 1.88 bits per heavy atom. The minimum absolute atomic E-state index is 0.00326. The van der Waals surface area contributed by atoms with E-state index in [0.717, 1.165) is 29.5 Å². The van der Waals surface area contributed by atoms with Crippen LogP contribution in [0, 0.1) is 5.92 Å². The van der Waals surface area contributed by atoms with Gasteiger partial charge in [-0.25, -0.2) is 4.79 Å². The SMILES string of the molecule is CC(c1ccc(Br)cc1)N1CCC(CC2(C)CO2)(C(C)C)OC1=O. The summed E-state index contributed by atoms with van der Waals surface area (Å²) < 4.78 is 12.6. The first-order chi connectivity index (χ1) is 11.2. The molecule has 132 valence electrons. The van der Waals surface area contributed by atoms with Crippen LogP contribution in [0.15, 0.2) is 28.7 Å². The molecule has 2 heterocycles. The summed E-state index contributed by atoms with van der Waals surface area (Å²) in [7, 11) is 0. The highest BCUT2D eigenvalue weighted by Gasteiger charge is 2.53. The van der Waals surface area contributed by atoms with E-state index in [0.29, 0.717) is 6.54 Å². The first-order valence-electron chi connectivity index (χ1n) is 8.64. The molecule has 4 nitrogen and oxygen atoms in total. The van der Waals surface area contributed by atoms with Gasteiger partial charge in [0, 0.05) is 23.9 Å². The third-order valence-corrected chi connectivity index (χ3v) is 6.01. The van der Waals surface area contributed by atoms with Crippen LogP contribution in [0.25, 0.3) is 0 Å². The molecule has 0 radical (unpaired) electrons. The number of cyclic esters (lactones) is 1. The van der Waals surface area contributed by atoms with Gasteiger partial charge in [-0.2, -0.15) is 0 Å². The average molecular weight is 396 g/mol. The smallest absolute Gasteiger partial charge is 0.410 e. The summed E-state index contributed by atoms with van der Waals surface area (Å²) in [5.74, 6) is 0.271. The predicted octanol–water partition coefficient (Wildman–Crippen LogP) is 4.93. The highest BCUT2D eigenvalue weighted by Crippen LogP contribution is 2.44. The minimum atomic E-state index is -0.418. The van der Waals surface area contributed by atoms with Gasteiger partial charge < -0.3 is 14.4 Å². The van der Waals surface area contributed by atoms with Gasteiger partial charge in [-0.15, -0.1) is 0 Å². The standard InChI is InChI=1S/C19H26BrNO3/c1-13(2)19(11-18(4)12-23-18)9-10-21(17(22)24-19)14(3)15-5-7-16(20)8-6-15/h5-8,13-14H,9-12H2,1-4H3. The quantitative estimate of drug-likeness (QED) is 0.663. The van der Waals surface area contributed by atoms with Gasteiger partial charge >= 0.3 is 6.09 Å². The van der Waals surface area contributed by atoms with E-state index < -0.39 is 5.60 Å². The van der Waals surface area contributed by atoms with Gasteiger partial charge in [-0.1, -0.05) is 41.9 Å². The second kappa shape index (κ2) is 6.34. The fourth-order valence-corrected chi connectivity index (χ4v) is 3.82. The van der Waals surface area contributed by atoms with Crippen LogP contribution in [0.3, 0.4) is 0 Å². The molecule has 0 bridgehead atoms. The van der Waals surface area contributed by atoms with E-state index >= 15 is 0 Å². The van der Waals surface area contributed by atoms with Crippen molar-refractivity contribution in [2.45, 2.75) is 57.8 Å². The lowest BCUT2D eigenvalue weighted by Gasteiger charge is -2.46. The Labute approximate surface area is 152 Å². The Kier molecular flexibility index (Phi) is 4.69. The number of epoxide rings is 1. The van der Waals surface area contributed by atoms with E-state index in [1.54, 1.807) is 0 Å². The van der Waals surface area contributed by atoms with Crippen LogP contribution in [0.4, 0.5) is 4.79 Å². The molecule has 2 aliphatic heterocycles. The predicted molar refractivity (Wildman–Crippen MR) is 96.9 cm³/mol. The third-order valence-electron chi connectivity index (χ3n) is 5.48. The highest BCUT2D eigenvalue weighted by molar-refractivity contribution is 9.10. The van der Waals surface area contributed by atoms with Crippen molar-refractivity contribution in [3.05, 3.63) is 34.3 Å². The zero-order chi connectivity index (χ0) is 17.5. The van der Waals surface area contributed by atoms with Crippen molar-refractivity contribution in [2.24, 2.45) is 5.92 Å². The molecule has 3 atom stereocenters. The number of carbonyl (C=O) groups excluding carboxylic acids is 1. The van der Waals surface area contributed by atoms with Gasteiger partial charge in [0.15, 0.2) is 0 Å². The van der Waals surface area contributed by atoms with E-state index in [9.17, 15) is 4.79 Å². The second-order valence-electron chi connectivity index (χ2n) is 7.67. The maximum absolute atomic E-state index is 12.8. The van der Waals surface area contributed by atoms with Gasteiger partial charge in [0.2, 0.25) is 0 Å². The number of carbonyl (C=O) groups is 1. The van der Waals surface area contributed by atoms with Crippen LogP contribution in [-0.4, -0.2) is 35.3 Å². The first-order valence-corrected chi connectivity index (χ1v) is 9.43. The molecular formula is C19H26BrNO3. The van der Waals surface area contributed by atoms with Gasteiger partial charge in [0.25, 0.3) is 0 Å². The van der Waals surface area contributed by atoms with Gasteiger partial charge in [-0.05, 0) is 37.5 Å². The Morgan fingerprint density at radius 1 is 1.25 bits per heavy atom. The molecule has 2 fully saturated rings. The van der Waals surface area contributed by atoms with Crippen molar-refractivity contribution in [3.8, 4) is 0 Å². The van der Waals surface area contributed by atoms with Crippen LogP contribution < -0.4 is 0 Å². The number of hydrogen-bond donors (Lipinski definition) is 0. The lowest BCUT2D eigenvalue weighted by molar-refractivity contribution is -0.0961. The summed E-state index contributed by atoms with van der Waals surface area (Å²) in [5, 5.41) is 0. The monoisotopic (exact) mass is 395 g/mol. The fourth-order valence-electron chi connectivity index (χ4n) is 3.55. The minimum Gasteiger partial charge on any atom is -0.442 e. The summed E-state index contributed by atoms with van der Waals surface area (Å²) in [6.45, 7) is 9.89. The molecular weight excluding hydrogens is 370 g/mol. The maximum atomic E-state index is 12.8. The van der Waals surface area contributed by atoms with Crippen LogP contribution >= 0.6 is 15.9 Å². The molecule has 0 N–H and O–H groups in total. The second-order valence-corrected chi connectivity index (χ2v) is 8.59. The van der Waals surface area contributed by atoms with Crippen LogP contribution in [0.5, 0.6) is 0 Å². The molecule has 5 heteroatoms. The van der Waals surface area contributed by atoms with Crippen molar-refractivity contribution >= 4 is 22.0 Å². The molecule has 1 aromatic carbocycles. The van der Waals surface area contributed by atoms with E-state index in [4.69, 9.17) is 9.47 Å². The van der Waals surface area contributed by atoms with Crippen molar-refractivity contribution in [3.63, 3.8) is 0 Å². The van der Waals surface area contributed by atoms with Crippen LogP contribution in [-0.2, 0) is 9.47 Å². The summed E-state index contributed by atoms with van der Waals surface area (Å²) in [6.07, 6.45) is 1.41. The number of ether oxygens (including phenoxy) is 2. The van der Waals surface area contributed by atoms with E-state index in [2.05, 4.69) is 43.6 Å². The number of rotatable bonds is 5. The lowest BCUT2D eigenvalue weighted by Crippen LogP contribution is -2.54. The molecule has 0 saturated carbocycles. The Morgan fingerprint density at radius 3 is 2.38 bits per heavy atom. The third kappa shape index (κ3) is 3.47. The Hall–Kier alpha value is -1.07. The Balaban J connectivity index is 1.74. The van der Waals surface area contributed by atoms with Gasteiger partial charge in [-0.3, -0.25) is 0 Å². The van der Waals surface area contributed by atoms with Gasteiger partial charge in [0.1, 0.15) is 5.60 Å². The summed E-state index contributed by atoms with van der Waals surface area (Å²) in [5.41, 5.74) is 0.576. The van der Waals surface area contributed by atoms with Gasteiger partial charge in [0.05, 0.1) is 18.2 Å². The van der Waals surface area contributed by atoms with E-state index in [1.807, 2.05) is 29.2 Å². The van der Waals surface area contributed by atoms with Crippen molar-refractivity contribution in [1.29, 1.82) is 0 Å². The number of halogens is 1. The largest absolute Gasteiger partial charge is 0.442 e. The topological polar surface area (TPSA) is 42.1 Å². The zero-order valence-corrected chi connectivity index (χ0v) is 16.4. The van der Waals surface area contributed by atoms with E-state index in [1.165, 1.54) is 0 Å². The molecule has 3 unspecified atom stereocenters. The summed E-state index contributed by atoms with van der Waals surface area (Å²) in [4.78, 5) is 14.6. The lowest BCUT2D eigenvalue weighted by atomic mass is 9.78. The van der Waals surface area contributed by atoms with E-state index in [-0.39, 0.29) is 23.7 Å². The fraction of sp³-hybridized carbons (Fsp3) is 0.632. The molecule has 0 spiro atoms. The number of hydrogen-bond acceptors (Lipinski definition) is 3. The molecule has 1 amide bonds. The van der Waals surface area contributed by atoms with Crippen LogP contribution in [0.1, 0.15) is 52.1 Å². The number of nitrogens with zero attached hydrogens (tertiary/aromatic N) is 1. The molecule has 0 aliphatic carbocycles. The number of amides is 1. The maximum Gasteiger partial charge on any atom is 0.410 e. The van der Waals surface area contributed by atoms with Crippen LogP contribution in [0.2, 0.25) is 0 Å². The summed E-state index contributed by atoms with van der Waals surface area (Å²) in [6, 6.07) is 8.11. The molecule has 24 heavy (non-hydrogen) atoms. The number of benzene rings is 1. The molecule has 0 aromatic heterocycles. The molecule has 2 aliphatic rings. The molecule has 3 rings (SSSR count). The summed E-state index contributed by atoms with van der Waals surface area (Å²) >= 11 is 3.45. The highest BCUT2D eigenvalue weighted by atomic mass is 79.9. The Bertz CT molecular complexity index is 612. The molecule has 2 saturated heterocycles.